The van der Waals surface area contributed by atoms with Crippen LogP contribution in [0.3, 0.4) is 0 Å². The van der Waals surface area contributed by atoms with Crippen LogP contribution in [0.25, 0.3) is 44.5 Å². The topological polar surface area (TPSA) is 3.24 Å². The zero-order valence-corrected chi connectivity index (χ0v) is 28.4. The molecule has 51 heavy (non-hydrogen) atoms. The van der Waals surface area contributed by atoms with Crippen molar-refractivity contribution in [2.75, 3.05) is 4.90 Å². The molecule has 0 atom stereocenters. The summed E-state index contributed by atoms with van der Waals surface area (Å²) in [6.07, 6.45) is 0. The molecule has 0 N–H and O–H groups in total. The molecule has 0 aliphatic heterocycles. The van der Waals surface area contributed by atoms with E-state index >= 15 is 0 Å². The molecule has 10 rings (SSSR count). The van der Waals surface area contributed by atoms with E-state index < -0.39 is 5.41 Å². The number of nitrogens with zero attached hydrogens (tertiary/aromatic N) is 1. The van der Waals surface area contributed by atoms with E-state index in [4.69, 9.17) is 0 Å². The predicted molar refractivity (Wildman–Crippen MR) is 213 cm³/mol. The second-order valence-electron chi connectivity index (χ2n) is 13.7. The van der Waals surface area contributed by atoms with E-state index in [1.54, 1.807) is 0 Å². The molecule has 0 aromatic heterocycles. The van der Waals surface area contributed by atoms with Gasteiger partial charge in [-0.3, -0.25) is 0 Å². The van der Waals surface area contributed by atoms with Crippen molar-refractivity contribution in [3.8, 4) is 44.5 Å². The summed E-state index contributed by atoms with van der Waals surface area (Å²) in [5, 5.41) is 0. The van der Waals surface area contributed by atoms with Gasteiger partial charge in [-0.15, -0.1) is 0 Å². The van der Waals surface area contributed by atoms with Gasteiger partial charge in [-0.1, -0.05) is 164 Å². The fraction of sp³-hybridized carbons (Fsp3) is 0.0400. The van der Waals surface area contributed by atoms with E-state index in [1.807, 2.05) is 0 Å². The second-order valence-corrected chi connectivity index (χ2v) is 13.7. The third-order valence-electron chi connectivity index (χ3n) is 11.0. The van der Waals surface area contributed by atoms with E-state index in [2.05, 4.69) is 206 Å². The molecular formula is C50H35N. The Morgan fingerprint density at radius 3 is 1.37 bits per heavy atom. The summed E-state index contributed by atoms with van der Waals surface area (Å²) in [6.45, 7) is 2.25. The molecule has 240 valence electrons. The lowest BCUT2D eigenvalue weighted by Gasteiger charge is -2.36. The molecule has 2 aliphatic rings. The first-order chi connectivity index (χ1) is 25.2. The number of hydrogen-bond acceptors (Lipinski definition) is 1. The Morgan fingerprint density at radius 2 is 0.804 bits per heavy atom. The Morgan fingerprint density at radius 1 is 0.353 bits per heavy atom. The van der Waals surface area contributed by atoms with E-state index in [0.717, 1.165) is 5.69 Å². The number of rotatable bonds is 5. The molecule has 0 radical (unpaired) electrons. The van der Waals surface area contributed by atoms with Crippen LogP contribution in [0.2, 0.25) is 0 Å². The quantitative estimate of drug-likeness (QED) is 0.179. The zero-order chi connectivity index (χ0) is 33.9. The van der Waals surface area contributed by atoms with Crippen LogP contribution in [0.5, 0.6) is 0 Å². The van der Waals surface area contributed by atoms with Crippen LogP contribution in [0.4, 0.5) is 17.1 Å². The van der Waals surface area contributed by atoms with Crippen molar-refractivity contribution in [1.29, 1.82) is 0 Å². The molecular weight excluding hydrogens is 615 g/mol. The van der Waals surface area contributed by atoms with E-state index in [9.17, 15) is 0 Å². The van der Waals surface area contributed by atoms with Crippen molar-refractivity contribution in [2.24, 2.45) is 0 Å². The third kappa shape index (κ3) is 4.35. The first kappa shape index (κ1) is 29.5. The molecule has 0 saturated heterocycles. The van der Waals surface area contributed by atoms with Crippen molar-refractivity contribution < 1.29 is 0 Å². The molecule has 8 aromatic carbocycles. The van der Waals surface area contributed by atoms with Crippen molar-refractivity contribution in [3.63, 3.8) is 0 Å². The monoisotopic (exact) mass is 649 g/mol. The van der Waals surface area contributed by atoms with Crippen LogP contribution in [0.1, 0.15) is 27.8 Å². The molecule has 0 unspecified atom stereocenters. The van der Waals surface area contributed by atoms with Gasteiger partial charge >= 0.3 is 0 Å². The summed E-state index contributed by atoms with van der Waals surface area (Å²) in [5.74, 6) is 0. The summed E-state index contributed by atoms with van der Waals surface area (Å²) in [4.78, 5) is 2.51. The molecule has 0 saturated carbocycles. The molecule has 1 nitrogen and oxygen atoms in total. The van der Waals surface area contributed by atoms with Gasteiger partial charge in [-0.05, 0) is 104 Å². The van der Waals surface area contributed by atoms with Crippen molar-refractivity contribution >= 4 is 17.1 Å². The normalized spacial score (nSPS) is 13.0. The maximum absolute atomic E-state index is 2.51. The first-order valence-corrected chi connectivity index (χ1v) is 17.8. The lowest BCUT2D eigenvalue weighted by molar-refractivity contribution is 0.793. The molecule has 0 amide bonds. The van der Waals surface area contributed by atoms with Gasteiger partial charge in [0.25, 0.3) is 0 Å². The van der Waals surface area contributed by atoms with Crippen LogP contribution in [0.15, 0.2) is 194 Å². The number of benzene rings is 8. The van der Waals surface area contributed by atoms with Gasteiger partial charge in [0.1, 0.15) is 0 Å². The maximum Gasteiger partial charge on any atom is 0.0746 e. The van der Waals surface area contributed by atoms with Crippen LogP contribution >= 0.6 is 0 Å². The third-order valence-corrected chi connectivity index (χ3v) is 11.0. The van der Waals surface area contributed by atoms with Crippen molar-refractivity contribution in [1.82, 2.24) is 0 Å². The number of aryl methyl sites for hydroxylation is 1. The SMILES string of the molecule is Cc1cc(-c2ccccc2)ccc1N(c1ccc(-c2ccccc2)cc1)c1cccc2c1C1(c3ccccc3-c3ccccc31)c1ccccc1-2. The summed E-state index contributed by atoms with van der Waals surface area (Å²) in [6, 6.07) is 71.5. The lowest BCUT2D eigenvalue weighted by atomic mass is 9.70. The average Bonchev–Trinajstić information content (AvgIpc) is 3.67. The molecule has 1 heteroatoms. The fourth-order valence-electron chi connectivity index (χ4n) is 8.88. The van der Waals surface area contributed by atoms with Crippen LogP contribution in [-0.4, -0.2) is 0 Å². The van der Waals surface area contributed by atoms with Crippen molar-refractivity contribution in [2.45, 2.75) is 12.3 Å². The smallest absolute Gasteiger partial charge is 0.0746 e. The van der Waals surface area contributed by atoms with Gasteiger partial charge in [0.2, 0.25) is 0 Å². The van der Waals surface area contributed by atoms with Gasteiger partial charge in [-0.25, -0.2) is 0 Å². The van der Waals surface area contributed by atoms with Gasteiger partial charge in [0.15, 0.2) is 0 Å². The molecule has 2 aliphatic carbocycles. The Kier molecular flexibility index (Phi) is 6.69. The Labute approximate surface area is 299 Å². The summed E-state index contributed by atoms with van der Waals surface area (Å²) in [7, 11) is 0. The lowest BCUT2D eigenvalue weighted by Crippen LogP contribution is -2.28. The Hall–Kier alpha value is -6.44. The highest BCUT2D eigenvalue weighted by atomic mass is 15.1. The standard InChI is InChI=1S/C50H35N/c1-34-33-38(36-17-6-3-7-18-36)29-32-47(34)51(39-30-27-37(28-31-39)35-15-4-2-5-16-35)48-26-14-22-43-42-21-10-13-25-46(42)50(49(43)48)44-23-11-8-19-40(44)41-20-9-12-24-45(41)50/h2-33H,1H3. The minimum absolute atomic E-state index is 0.462. The zero-order valence-electron chi connectivity index (χ0n) is 28.4. The average molecular weight is 650 g/mol. The summed E-state index contributed by atoms with van der Waals surface area (Å²) in [5.41, 5.74) is 19.7. The number of fused-ring (bicyclic) bond motifs is 10. The van der Waals surface area contributed by atoms with Crippen LogP contribution < -0.4 is 4.90 Å². The highest BCUT2D eigenvalue weighted by molar-refractivity contribution is 6.00. The maximum atomic E-state index is 2.51. The van der Waals surface area contributed by atoms with Gasteiger partial charge in [0, 0.05) is 16.9 Å². The number of hydrogen-bond donors (Lipinski definition) is 0. The van der Waals surface area contributed by atoms with E-state index in [0.29, 0.717) is 0 Å². The number of anilines is 3. The van der Waals surface area contributed by atoms with Gasteiger partial charge in [-0.2, -0.15) is 0 Å². The second kappa shape index (κ2) is 11.6. The molecule has 0 fully saturated rings. The molecule has 8 aromatic rings. The molecule has 0 heterocycles. The Balaban J connectivity index is 1.26. The van der Waals surface area contributed by atoms with Crippen LogP contribution in [0, 0.1) is 6.92 Å². The van der Waals surface area contributed by atoms with E-state index in [1.165, 1.54) is 83.7 Å². The van der Waals surface area contributed by atoms with Gasteiger partial charge < -0.3 is 4.90 Å². The van der Waals surface area contributed by atoms with E-state index in [-0.39, 0.29) is 0 Å². The largest absolute Gasteiger partial charge is 0.310 e. The van der Waals surface area contributed by atoms with Gasteiger partial charge in [0.05, 0.1) is 11.1 Å². The van der Waals surface area contributed by atoms with Crippen LogP contribution in [-0.2, 0) is 5.41 Å². The molecule has 1 spiro atoms. The minimum Gasteiger partial charge on any atom is -0.310 e. The first-order valence-electron chi connectivity index (χ1n) is 17.8. The Bertz CT molecular complexity index is 2520. The summed E-state index contributed by atoms with van der Waals surface area (Å²) >= 11 is 0. The highest BCUT2D eigenvalue weighted by Gasteiger charge is 2.53. The predicted octanol–water partition coefficient (Wildman–Crippen LogP) is 13.1. The van der Waals surface area contributed by atoms with Crippen molar-refractivity contribution in [3.05, 3.63) is 222 Å². The fourth-order valence-corrected chi connectivity index (χ4v) is 8.88. The molecule has 0 bridgehead atoms. The summed E-state index contributed by atoms with van der Waals surface area (Å²) < 4.78 is 0. The minimum atomic E-state index is -0.462. The highest BCUT2D eigenvalue weighted by Crippen LogP contribution is 2.65.